The van der Waals surface area contributed by atoms with E-state index in [2.05, 4.69) is 20.6 Å². The summed E-state index contributed by atoms with van der Waals surface area (Å²) in [5.74, 6) is -0.230. The molecule has 152 valence electrons. The van der Waals surface area contributed by atoms with Crippen LogP contribution in [0.4, 0.5) is 5.95 Å². The Morgan fingerprint density at radius 2 is 1.79 bits per heavy atom. The maximum atomic E-state index is 12.6. The predicted octanol–water partition coefficient (Wildman–Crippen LogP) is 3.89. The molecule has 2 heterocycles. The lowest BCUT2D eigenvalue weighted by atomic mass is 10.1. The van der Waals surface area contributed by atoms with Crippen molar-refractivity contribution in [1.82, 2.24) is 19.9 Å². The van der Waals surface area contributed by atoms with E-state index in [1.165, 1.54) is 0 Å². The lowest BCUT2D eigenvalue weighted by Crippen LogP contribution is -2.24. The van der Waals surface area contributed by atoms with E-state index in [-0.39, 0.29) is 23.3 Å². The molecule has 29 heavy (non-hydrogen) atoms. The second-order valence-electron chi connectivity index (χ2n) is 8.09. The maximum absolute atomic E-state index is 12.6. The molecular formula is C22H27N5O2. The summed E-state index contributed by atoms with van der Waals surface area (Å²) in [6, 6.07) is 7.28. The van der Waals surface area contributed by atoms with E-state index < -0.39 is 0 Å². The van der Waals surface area contributed by atoms with Crippen molar-refractivity contribution in [2.75, 3.05) is 11.9 Å². The van der Waals surface area contributed by atoms with E-state index in [1.54, 1.807) is 24.5 Å². The molecule has 2 N–H and O–H groups in total. The molecule has 0 saturated heterocycles. The van der Waals surface area contributed by atoms with Gasteiger partial charge in [0, 0.05) is 30.0 Å². The van der Waals surface area contributed by atoms with Crippen molar-refractivity contribution >= 4 is 28.8 Å². The number of aryl methyl sites for hydroxylation is 1. The zero-order valence-electron chi connectivity index (χ0n) is 17.5. The third-order valence-corrected chi connectivity index (χ3v) is 4.59. The van der Waals surface area contributed by atoms with Crippen molar-refractivity contribution in [3.05, 3.63) is 53.3 Å². The molecule has 0 aliphatic carbocycles. The zero-order valence-corrected chi connectivity index (χ0v) is 17.5. The molecule has 7 nitrogen and oxygen atoms in total. The quantitative estimate of drug-likeness (QED) is 0.688. The van der Waals surface area contributed by atoms with Crippen LogP contribution in [0, 0.1) is 6.92 Å². The van der Waals surface area contributed by atoms with Crippen LogP contribution in [0.1, 0.15) is 60.4 Å². The third-order valence-electron chi connectivity index (χ3n) is 4.59. The summed E-state index contributed by atoms with van der Waals surface area (Å²) >= 11 is 0. The SMILES string of the molecule is CCCNC(=O)c1cn(C(C)(C)C)c2nc(NC(=O)c3ccc(C)cc3)ncc12. The number of rotatable bonds is 5. The Hall–Kier alpha value is -3.22. The largest absolute Gasteiger partial charge is 0.352 e. The molecule has 7 heteroatoms. The lowest BCUT2D eigenvalue weighted by molar-refractivity contribution is 0.0954. The minimum atomic E-state index is -0.297. The molecule has 0 unspecified atom stereocenters. The highest BCUT2D eigenvalue weighted by Crippen LogP contribution is 2.27. The first-order valence-corrected chi connectivity index (χ1v) is 9.75. The number of aromatic nitrogens is 3. The minimum Gasteiger partial charge on any atom is -0.352 e. The van der Waals surface area contributed by atoms with E-state index in [0.29, 0.717) is 28.7 Å². The van der Waals surface area contributed by atoms with Gasteiger partial charge in [-0.15, -0.1) is 0 Å². The van der Waals surface area contributed by atoms with Crippen LogP contribution >= 0.6 is 0 Å². The van der Waals surface area contributed by atoms with Crippen molar-refractivity contribution < 1.29 is 9.59 Å². The van der Waals surface area contributed by atoms with Gasteiger partial charge in [-0.25, -0.2) is 4.98 Å². The lowest BCUT2D eigenvalue weighted by Gasteiger charge is -2.22. The number of carbonyl (C=O) groups is 2. The summed E-state index contributed by atoms with van der Waals surface area (Å²) in [5.41, 5.74) is 2.45. The topological polar surface area (TPSA) is 88.9 Å². The van der Waals surface area contributed by atoms with Gasteiger partial charge in [0.25, 0.3) is 11.8 Å². The molecule has 0 fully saturated rings. The average Bonchev–Trinajstić information content (AvgIpc) is 3.06. The van der Waals surface area contributed by atoms with Crippen LogP contribution in [0.3, 0.4) is 0 Å². The number of amides is 2. The second kappa shape index (κ2) is 8.03. The van der Waals surface area contributed by atoms with Crippen LogP contribution in [0.5, 0.6) is 0 Å². The molecule has 0 atom stereocenters. The Kier molecular flexibility index (Phi) is 5.68. The van der Waals surface area contributed by atoms with Crippen LogP contribution in [0.2, 0.25) is 0 Å². The molecule has 0 saturated carbocycles. The molecule has 0 radical (unpaired) electrons. The first-order chi connectivity index (χ1) is 13.7. The van der Waals surface area contributed by atoms with Gasteiger partial charge in [0.15, 0.2) is 0 Å². The first-order valence-electron chi connectivity index (χ1n) is 9.75. The van der Waals surface area contributed by atoms with Gasteiger partial charge in [-0.3, -0.25) is 14.9 Å². The van der Waals surface area contributed by atoms with E-state index in [1.807, 2.05) is 51.3 Å². The Morgan fingerprint density at radius 1 is 1.10 bits per heavy atom. The molecular weight excluding hydrogens is 366 g/mol. The molecule has 0 spiro atoms. The van der Waals surface area contributed by atoms with Gasteiger partial charge in [0.1, 0.15) is 5.65 Å². The van der Waals surface area contributed by atoms with Gasteiger partial charge >= 0.3 is 0 Å². The van der Waals surface area contributed by atoms with Gasteiger partial charge in [-0.2, -0.15) is 4.98 Å². The van der Waals surface area contributed by atoms with Crippen LogP contribution < -0.4 is 10.6 Å². The van der Waals surface area contributed by atoms with E-state index >= 15 is 0 Å². The van der Waals surface area contributed by atoms with Crippen molar-refractivity contribution in [1.29, 1.82) is 0 Å². The summed E-state index contributed by atoms with van der Waals surface area (Å²) in [6.07, 6.45) is 4.25. The summed E-state index contributed by atoms with van der Waals surface area (Å²) in [5, 5.41) is 6.30. The highest BCUT2D eigenvalue weighted by molar-refractivity contribution is 6.07. The molecule has 1 aromatic carbocycles. The predicted molar refractivity (Wildman–Crippen MR) is 114 cm³/mol. The van der Waals surface area contributed by atoms with E-state index in [0.717, 1.165) is 12.0 Å². The fourth-order valence-corrected chi connectivity index (χ4v) is 2.97. The molecule has 2 aromatic heterocycles. The van der Waals surface area contributed by atoms with Crippen molar-refractivity contribution in [2.24, 2.45) is 0 Å². The third kappa shape index (κ3) is 4.45. The highest BCUT2D eigenvalue weighted by atomic mass is 16.2. The molecule has 0 bridgehead atoms. The van der Waals surface area contributed by atoms with Crippen molar-refractivity contribution in [2.45, 2.75) is 46.6 Å². The van der Waals surface area contributed by atoms with Crippen LogP contribution in [0.15, 0.2) is 36.7 Å². The first kappa shape index (κ1) is 20.5. The average molecular weight is 393 g/mol. The number of anilines is 1. The number of hydrogen-bond donors (Lipinski definition) is 2. The van der Waals surface area contributed by atoms with Gasteiger partial charge in [-0.05, 0) is 46.2 Å². The fourth-order valence-electron chi connectivity index (χ4n) is 2.97. The van der Waals surface area contributed by atoms with Crippen molar-refractivity contribution in [3.8, 4) is 0 Å². The van der Waals surface area contributed by atoms with E-state index in [4.69, 9.17) is 0 Å². The molecule has 0 aliphatic rings. The standard InChI is InChI=1S/C22H27N5O2/c1-6-11-23-20(29)17-13-27(22(3,4)5)18-16(17)12-24-21(25-18)26-19(28)15-9-7-14(2)8-10-15/h7-10,12-13H,6,11H2,1-5H3,(H,23,29)(H,24,25,26,28). The monoisotopic (exact) mass is 393 g/mol. The number of hydrogen-bond acceptors (Lipinski definition) is 4. The number of fused-ring (bicyclic) bond motifs is 1. The number of benzene rings is 1. The normalized spacial score (nSPS) is 11.5. The maximum Gasteiger partial charge on any atom is 0.258 e. The summed E-state index contributed by atoms with van der Waals surface area (Å²) < 4.78 is 1.94. The smallest absolute Gasteiger partial charge is 0.258 e. The second-order valence-corrected chi connectivity index (χ2v) is 8.09. The summed E-state index contributed by atoms with van der Waals surface area (Å²) in [6.45, 7) is 10.7. The summed E-state index contributed by atoms with van der Waals surface area (Å²) in [4.78, 5) is 33.9. The van der Waals surface area contributed by atoms with Gasteiger partial charge < -0.3 is 9.88 Å². The van der Waals surface area contributed by atoms with Crippen molar-refractivity contribution in [3.63, 3.8) is 0 Å². The van der Waals surface area contributed by atoms with Gasteiger partial charge in [-0.1, -0.05) is 24.6 Å². The highest BCUT2D eigenvalue weighted by Gasteiger charge is 2.23. The number of nitrogens with one attached hydrogen (secondary N) is 2. The number of nitrogens with zero attached hydrogens (tertiary/aromatic N) is 3. The Balaban J connectivity index is 1.98. The number of carbonyl (C=O) groups excluding carboxylic acids is 2. The minimum absolute atomic E-state index is 0.153. The fraction of sp³-hybridized carbons (Fsp3) is 0.364. The van der Waals surface area contributed by atoms with Gasteiger partial charge in [0.05, 0.1) is 10.9 Å². The molecule has 0 aliphatic heterocycles. The van der Waals surface area contributed by atoms with Gasteiger partial charge in [0.2, 0.25) is 5.95 Å². The van der Waals surface area contributed by atoms with Crippen LogP contribution in [-0.2, 0) is 5.54 Å². The zero-order chi connectivity index (χ0) is 21.2. The Bertz CT molecular complexity index is 1050. The molecule has 3 rings (SSSR count). The molecule has 2 amide bonds. The Labute approximate surface area is 170 Å². The molecule has 3 aromatic rings. The Morgan fingerprint density at radius 3 is 2.41 bits per heavy atom. The van der Waals surface area contributed by atoms with Crippen LogP contribution in [0.25, 0.3) is 11.0 Å². The van der Waals surface area contributed by atoms with E-state index in [9.17, 15) is 9.59 Å². The summed E-state index contributed by atoms with van der Waals surface area (Å²) in [7, 11) is 0. The van der Waals surface area contributed by atoms with Crippen LogP contribution in [-0.4, -0.2) is 32.9 Å².